The number of nitrogens with zero attached hydrogens (tertiary/aromatic N) is 2. The summed E-state index contributed by atoms with van der Waals surface area (Å²) in [4.78, 5) is 18.8. The fourth-order valence-electron chi connectivity index (χ4n) is 2.39. The molecule has 122 valence electrons. The number of anilines is 1. The molecule has 1 aromatic carbocycles. The molecule has 1 N–H and O–H groups in total. The van der Waals surface area contributed by atoms with E-state index in [9.17, 15) is 9.18 Å². The molecule has 2 aromatic rings. The molecule has 1 amide bonds. The number of aromatic nitrogens is 1. The minimum absolute atomic E-state index is 0.191. The monoisotopic (exact) mass is 335 g/mol. The first-order valence-electron chi connectivity index (χ1n) is 7.48. The standard InChI is InChI=1S/C16H18FN3O2S/c17-12-2-1-3-13(8-12)18-15(21)9-14-11-23-16(19-14)10-20-4-6-22-7-5-20/h1-3,8,11H,4-7,9-10H2,(H,18,21). The van der Waals surface area contributed by atoms with Crippen molar-refractivity contribution in [3.8, 4) is 0 Å². The Hall–Kier alpha value is -1.83. The minimum Gasteiger partial charge on any atom is -0.379 e. The van der Waals surface area contributed by atoms with E-state index in [0.29, 0.717) is 5.69 Å². The average molecular weight is 335 g/mol. The number of halogens is 1. The van der Waals surface area contributed by atoms with Crippen molar-refractivity contribution < 1.29 is 13.9 Å². The summed E-state index contributed by atoms with van der Waals surface area (Å²) in [5.74, 6) is -0.567. The first-order chi connectivity index (χ1) is 11.2. The Balaban J connectivity index is 1.52. The van der Waals surface area contributed by atoms with Gasteiger partial charge in [0, 0.05) is 24.2 Å². The molecule has 0 atom stereocenters. The first kappa shape index (κ1) is 16.0. The molecule has 0 saturated carbocycles. The van der Waals surface area contributed by atoms with Crippen molar-refractivity contribution in [2.45, 2.75) is 13.0 Å². The third kappa shape index (κ3) is 4.82. The molecule has 2 heterocycles. The topological polar surface area (TPSA) is 54.5 Å². The predicted octanol–water partition coefficient (Wildman–Crippen LogP) is 2.30. The van der Waals surface area contributed by atoms with Crippen LogP contribution < -0.4 is 5.32 Å². The van der Waals surface area contributed by atoms with E-state index in [2.05, 4.69) is 15.2 Å². The number of carbonyl (C=O) groups excluding carboxylic acids is 1. The Labute approximate surface area is 138 Å². The largest absolute Gasteiger partial charge is 0.379 e. The molecule has 3 rings (SSSR count). The van der Waals surface area contributed by atoms with Crippen molar-refractivity contribution >= 4 is 22.9 Å². The smallest absolute Gasteiger partial charge is 0.230 e. The van der Waals surface area contributed by atoms with Gasteiger partial charge in [-0.15, -0.1) is 11.3 Å². The highest BCUT2D eigenvalue weighted by atomic mass is 32.1. The molecule has 1 saturated heterocycles. The average Bonchev–Trinajstić information content (AvgIpc) is 2.95. The van der Waals surface area contributed by atoms with E-state index < -0.39 is 0 Å². The Kier molecular flexibility index (Phi) is 5.32. The molecule has 0 bridgehead atoms. The van der Waals surface area contributed by atoms with Crippen LogP contribution in [0.5, 0.6) is 0 Å². The van der Waals surface area contributed by atoms with Crippen LogP contribution in [0.25, 0.3) is 0 Å². The molecule has 23 heavy (non-hydrogen) atoms. The molecule has 7 heteroatoms. The Morgan fingerprint density at radius 1 is 1.39 bits per heavy atom. The number of amides is 1. The summed E-state index contributed by atoms with van der Waals surface area (Å²) >= 11 is 1.56. The summed E-state index contributed by atoms with van der Waals surface area (Å²) in [5, 5.41) is 5.58. The lowest BCUT2D eigenvalue weighted by molar-refractivity contribution is -0.115. The van der Waals surface area contributed by atoms with Crippen LogP contribution in [-0.2, 0) is 22.5 Å². The van der Waals surface area contributed by atoms with Gasteiger partial charge in [0.05, 0.1) is 31.9 Å². The maximum atomic E-state index is 13.1. The van der Waals surface area contributed by atoms with Crippen LogP contribution in [0, 0.1) is 5.82 Å². The van der Waals surface area contributed by atoms with Crippen molar-refractivity contribution in [1.29, 1.82) is 0 Å². The molecule has 1 aliphatic rings. The third-order valence-electron chi connectivity index (χ3n) is 3.51. The number of morpholine rings is 1. The van der Waals surface area contributed by atoms with E-state index in [1.54, 1.807) is 23.5 Å². The molecular formula is C16H18FN3O2S. The van der Waals surface area contributed by atoms with E-state index in [0.717, 1.165) is 43.5 Å². The fourth-order valence-corrected chi connectivity index (χ4v) is 3.22. The molecule has 1 aromatic heterocycles. The Morgan fingerprint density at radius 2 is 2.22 bits per heavy atom. The van der Waals surface area contributed by atoms with Gasteiger partial charge in [-0.1, -0.05) is 6.07 Å². The zero-order chi connectivity index (χ0) is 16.1. The van der Waals surface area contributed by atoms with Gasteiger partial charge in [-0.3, -0.25) is 9.69 Å². The van der Waals surface area contributed by atoms with E-state index >= 15 is 0 Å². The van der Waals surface area contributed by atoms with Crippen molar-refractivity contribution in [3.63, 3.8) is 0 Å². The van der Waals surface area contributed by atoms with E-state index in [1.807, 2.05) is 5.38 Å². The second kappa shape index (κ2) is 7.63. The number of ether oxygens (including phenoxy) is 1. The zero-order valence-corrected chi connectivity index (χ0v) is 13.4. The van der Waals surface area contributed by atoms with Gasteiger partial charge in [0.2, 0.25) is 5.91 Å². The van der Waals surface area contributed by atoms with Crippen molar-refractivity contribution in [2.75, 3.05) is 31.6 Å². The molecule has 5 nitrogen and oxygen atoms in total. The van der Waals surface area contributed by atoms with Gasteiger partial charge in [0.25, 0.3) is 0 Å². The first-order valence-corrected chi connectivity index (χ1v) is 8.36. The number of rotatable bonds is 5. The van der Waals surface area contributed by atoms with E-state index in [1.165, 1.54) is 12.1 Å². The SMILES string of the molecule is O=C(Cc1csc(CN2CCOCC2)n1)Nc1cccc(F)c1. The normalized spacial score (nSPS) is 15.5. The summed E-state index contributed by atoms with van der Waals surface area (Å²) in [7, 11) is 0. The lowest BCUT2D eigenvalue weighted by atomic mass is 10.3. The van der Waals surface area contributed by atoms with Gasteiger partial charge in [-0.25, -0.2) is 9.37 Å². The lowest BCUT2D eigenvalue weighted by Crippen LogP contribution is -2.35. The van der Waals surface area contributed by atoms with Gasteiger partial charge in [-0.2, -0.15) is 0 Å². The summed E-state index contributed by atoms with van der Waals surface area (Å²) in [6.45, 7) is 4.13. The number of hydrogen-bond donors (Lipinski definition) is 1. The van der Waals surface area contributed by atoms with Crippen molar-refractivity contribution in [1.82, 2.24) is 9.88 Å². The third-order valence-corrected chi connectivity index (χ3v) is 4.39. The van der Waals surface area contributed by atoms with Gasteiger partial charge >= 0.3 is 0 Å². The molecule has 0 unspecified atom stereocenters. The highest BCUT2D eigenvalue weighted by Gasteiger charge is 2.14. The fraction of sp³-hybridized carbons (Fsp3) is 0.375. The number of carbonyl (C=O) groups is 1. The molecule has 0 aliphatic carbocycles. The Morgan fingerprint density at radius 3 is 3.00 bits per heavy atom. The molecule has 1 aliphatic heterocycles. The van der Waals surface area contributed by atoms with Crippen molar-refractivity contribution in [2.24, 2.45) is 0 Å². The summed E-state index contributed by atoms with van der Waals surface area (Å²) in [5.41, 5.74) is 1.20. The van der Waals surface area contributed by atoms with E-state index in [4.69, 9.17) is 4.74 Å². The van der Waals surface area contributed by atoms with Crippen LogP contribution in [0.4, 0.5) is 10.1 Å². The molecular weight excluding hydrogens is 317 g/mol. The molecule has 0 radical (unpaired) electrons. The maximum Gasteiger partial charge on any atom is 0.230 e. The van der Waals surface area contributed by atoms with Crippen LogP contribution >= 0.6 is 11.3 Å². The number of thiazole rings is 1. The minimum atomic E-state index is -0.371. The lowest BCUT2D eigenvalue weighted by Gasteiger charge is -2.25. The van der Waals surface area contributed by atoms with E-state index in [-0.39, 0.29) is 18.1 Å². The quantitative estimate of drug-likeness (QED) is 0.911. The summed E-state index contributed by atoms with van der Waals surface area (Å²) in [6.07, 6.45) is 0.191. The van der Waals surface area contributed by atoms with Crippen LogP contribution in [0.15, 0.2) is 29.6 Å². The van der Waals surface area contributed by atoms with Crippen LogP contribution in [0.1, 0.15) is 10.7 Å². The van der Waals surface area contributed by atoms with Crippen molar-refractivity contribution in [3.05, 3.63) is 46.2 Å². The zero-order valence-electron chi connectivity index (χ0n) is 12.6. The predicted molar refractivity (Wildman–Crippen MR) is 86.9 cm³/mol. The number of benzene rings is 1. The Bertz CT molecular complexity index is 671. The van der Waals surface area contributed by atoms with Gasteiger partial charge < -0.3 is 10.1 Å². The van der Waals surface area contributed by atoms with Crippen LogP contribution in [0.3, 0.4) is 0 Å². The van der Waals surface area contributed by atoms with Gasteiger partial charge in [0.1, 0.15) is 10.8 Å². The van der Waals surface area contributed by atoms with Crippen LogP contribution in [0.2, 0.25) is 0 Å². The summed E-state index contributed by atoms with van der Waals surface area (Å²) in [6, 6.07) is 5.86. The summed E-state index contributed by atoms with van der Waals surface area (Å²) < 4.78 is 18.4. The number of nitrogens with one attached hydrogen (secondary N) is 1. The van der Waals surface area contributed by atoms with Gasteiger partial charge in [-0.05, 0) is 18.2 Å². The second-order valence-corrected chi connectivity index (χ2v) is 6.30. The maximum absolute atomic E-state index is 13.1. The van der Waals surface area contributed by atoms with Crippen LogP contribution in [-0.4, -0.2) is 42.1 Å². The molecule has 0 spiro atoms. The van der Waals surface area contributed by atoms with Gasteiger partial charge in [0.15, 0.2) is 0 Å². The molecule has 1 fully saturated rings. The highest BCUT2D eigenvalue weighted by Crippen LogP contribution is 2.15. The second-order valence-electron chi connectivity index (χ2n) is 5.36. The number of hydrogen-bond acceptors (Lipinski definition) is 5. The highest BCUT2D eigenvalue weighted by molar-refractivity contribution is 7.09.